The summed E-state index contributed by atoms with van der Waals surface area (Å²) >= 11 is 0. The van der Waals surface area contributed by atoms with Crippen molar-refractivity contribution in [2.24, 2.45) is 0 Å². The van der Waals surface area contributed by atoms with Gasteiger partial charge in [0, 0.05) is 20.1 Å². The Kier molecular flexibility index (Phi) is 7.40. The Hall–Kier alpha value is -1.92. The van der Waals surface area contributed by atoms with Crippen molar-refractivity contribution in [3.8, 4) is 5.75 Å². The number of carbonyl (C=O) groups excluding carboxylic acids is 2. The van der Waals surface area contributed by atoms with Crippen molar-refractivity contribution < 1.29 is 44.7 Å². The molecule has 0 saturated carbocycles. The van der Waals surface area contributed by atoms with Gasteiger partial charge < -0.3 is 20.8 Å². The van der Waals surface area contributed by atoms with Gasteiger partial charge in [-0.3, -0.25) is 14.4 Å². The summed E-state index contributed by atoms with van der Waals surface area (Å²) in [5.74, 6) is -2.60. The number of carboxylic acids is 1. The molecule has 0 bridgehead atoms. The van der Waals surface area contributed by atoms with E-state index in [4.69, 9.17) is 5.11 Å². The van der Waals surface area contributed by atoms with Crippen LogP contribution in [0.25, 0.3) is 0 Å². The van der Waals surface area contributed by atoms with Gasteiger partial charge in [0.1, 0.15) is 12.3 Å². The number of aromatic hydroxyl groups is 1. The molecule has 0 saturated heterocycles. The van der Waals surface area contributed by atoms with E-state index in [1.807, 2.05) is 0 Å². The number of nitrogens with one attached hydrogen (secondary N) is 2. The molecule has 8 heteroatoms. The molecule has 103 valence electrons. The summed E-state index contributed by atoms with van der Waals surface area (Å²) in [6, 6.07) is 5.88. The molecule has 0 aromatic heterocycles. The second-order valence-corrected chi connectivity index (χ2v) is 3.37. The molecule has 2 amide bonds. The number of phenolic OH excluding ortho intramolecular Hbond substituents is 1. The number of phenols is 1. The van der Waals surface area contributed by atoms with E-state index >= 15 is 0 Å². The summed E-state index contributed by atoms with van der Waals surface area (Å²) in [6.07, 6.45) is 0. The van der Waals surface area contributed by atoms with Crippen molar-refractivity contribution in [1.29, 1.82) is 0 Å². The smallest absolute Gasteiger partial charge is 0.322 e. The van der Waals surface area contributed by atoms with E-state index in [1.54, 1.807) is 12.1 Å². The quantitative estimate of drug-likeness (QED) is 0.561. The molecule has 0 heterocycles. The molecule has 4 N–H and O–H groups in total. The van der Waals surface area contributed by atoms with Crippen LogP contribution in [0.1, 0.15) is 10.4 Å². The normalized spacial score (nSPS) is 9.05. The third-order valence-corrected chi connectivity index (χ3v) is 1.99. The Morgan fingerprint density at radius 1 is 1.05 bits per heavy atom. The second kappa shape index (κ2) is 8.23. The summed E-state index contributed by atoms with van der Waals surface area (Å²) in [6.45, 7) is -0.869. The van der Waals surface area contributed by atoms with Crippen LogP contribution in [0.2, 0.25) is 0 Å². The van der Waals surface area contributed by atoms with Gasteiger partial charge in [0.25, 0.3) is 5.91 Å². The largest absolute Gasteiger partial charge is 0.507 e. The summed E-state index contributed by atoms with van der Waals surface area (Å²) in [5.41, 5.74) is 0.0449. The zero-order valence-electron chi connectivity index (χ0n) is 9.72. The Balaban J connectivity index is 0.00000324. The third-order valence-electron chi connectivity index (χ3n) is 1.99. The van der Waals surface area contributed by atoms with Crippen LogP contribution in [0.4, 0.5) is 0 Å². The number of para-hydroxylation sites is 1. The number of rotatable bonds is 5. The number of amides is 2. The number of hydrogen-bond donors (Lipinski definition) is 4. The predicted molar refractivity (Wildman–Crippen MR) is 61.1 cm³/mol. The van der Waals surface area contributed by atoms with E-state index < -0.39 is 24.3 Å². The van der Waals surface area contributed by atoms with Crippen LogP contribution in [-0.4, -0.2) is 41.1 Å². The third kappa shape index (κ3) is 5.98. The van der Waals surface area contributed by atoms with Crippen LogP contribution in [0.15, 0.2) is 24.3 Å². The van der Waals surface area contributed by atoms with Crippen LogP contribution < -0.4 is 10.6 Å². The van der Waals surface area contributed by atoms with Crippen molar-refractivity contribution in [2.75, 3.05) is 13.1 Å². The number of benzene rings is 1. The molecule has 0 atom stereocenters. The minimum absolute atomic E-state index is 0. The van der Waals surface area contributed by atoms with E-state index in [-0.39, 0.29) is 38.0 Å². The summed E-state index contributed by atoms with van der Waals surface area (Å²) < 4.78 is 0. The first-order chi connectivity index (χ1) is 8.50. The molecule has 1 aromatic rings. The van der Waals surface area contributed by atoms with Crippen molar-refractivity contribution in [3.63, 3.8) is 0 Å². The SMILES string of the molecule is O=C(O)CNC(=O)CNC(=O)c1ccccc1O.[99Tc]. The predicted octanol–water partition coefficient (Wildman–Crippen LogP) is -0.680. The monoisotopic (exact) mass is 351 g/mol. The van der Waals surface area contributed by atoms with E-state index in [1.165, 1.54) is 12.1 Å². The standard InChI is InChI=1S/C11H12N2O5.Tc/c14-8-4-2-1-3-7(8)11(18)13-5-9(15)12-6-10(16)17;/h1-4,14H,5-6H2,(H,12,15)(H,13,18)(H,16,17);/i;1+1. The van der Waals surface area contributed by atoms with Gasteiger partial charge >= 0.3 is 5.97 Å². The van der Waals surface area contributed by atoms with Crippen molar-refractivity contribution in [3.05, 3.63) is 29.8 Å². The molecule has 1 rings (SSSR count). The maximum absolute atomic E-state index is 11.5. The summed E-state index contributed by atoms with van der Waals surface area (Å²) in [4.78, 5) is 32.8. The van der Waals surface area contributed by atoms with Gasteiger partial charge in [-0.25, -0.2) is 0 Å². The van der Waals surface area contributed by atoms with Gasteiger partial charge in [-0.1, -0.05) is 12.1 Å². The van der Waals surface area contributed by atoms with Crippen LogP contribution in [0.3, 0.4) is 0 Å². The molecule has 7 nitrogen and oxygen atoms in total. The fraction of sp³-hybridized carbons (Fsp3) is 0.182. The minimum atomic E-state index is -1.17. The van der Waals surface area contributed by atoms with E-state index in [9.17, 15) is 19.5 Å². The molecule has 0 aliphatic heterocycles. The molecule has 0 unspecified atom stereocenters. The molecular formula is C11H12N2O5Tc. The average Bonchev–Trinajstić information content (AvgIpc) is 2.34. The van der Waals surface area contributed by atoms with Gasteiger partial charge in [-0.05, 0) is 12.1 Å². The van der Waals surface area contributed by atoms with Gasteiger partial charge in [-0.15, -0.1) is 0 Å². The molecule has 0 aliphatic rings. The first-order valence-corrected chi connectivity index (χ1v) is 5.05. The molecular weight excluding hydrogens is 339 g/mol. The zero-order chi connectivity index (χ0) is 13.5. The first-order valence-electron chi connectivity index (χ1n) is 5.05. The fourth-order valence-corrected chi connectivity index (χ4v) is 1.16. The van der Waals surface area contributed by atoms with Crippen molar-refractivity contribution in [2.45, 2.75) is 0 Å². The van der Waals surface area contributed by atoms with Crippen LogP contribution in [0, 0.1) is 0 Å². The molecule has 0 aliphatic carbocycles. The van der Waals surface area contributed by atoms with E-state index in [0.717, 1.165) is 0 Å². The summed E-state index contributed by atoms with van der Waals surface area (Å²) in [7, 11) is 0. The average molecular weight is 351 g/mol. The van der Waals surface area contributed by atoms with Gasteiger partial charge in [0.2, 0.25) is 5.91 Å². The maximum atomic E-state index is 11.5. The molecule has 0 spiro atoms. The summed E-state index contributed by atoms with van der Waals surface area (Å²) in [5, 5.41) is 22.0. The molecule has 1 radical (unpaired) electrons. The number of carbonyl (C=O) groups is 3. The second-order valence-electron chi connectivity index (χ2n) is 3.37. The minimum Gasteiger partial charge on any atom is -0.507 e. The van der Waals surface area contributed by atoms with Crippen LogP contribution >= 0.6 is 0 Å². The zero-order valence-corrected chi connectivity index (χ0v) is 11.6. The van der Waals surface area contributed by atoms with Crippen molar-refractivity contribution >= 4 is 17.8 Å². The number of carboxylic acid groups (broad SMARTS) is 1. The Bertz CT molecular complexity index is 478. The van der Waals surface area contributed by atoms with Gasteiger partial charge in [0.15, 0.2) is 0 Å². The van der Waals surface area contributed by atoms with Crippen molar-refractivity contribution in [1.82, 2.24) is 10.6 Å². The molecule has 19 heavy (non-hydrogen) atoms. The Labute approximate surface area is 122 Å². The number of aliphatic carboxylic acids is 1. The van der Waals surface area contributed by atoms with E-state index in [0.29, 0.717) is 0 Å². The topological polar surface area (TPSA) is 116 Å². The van der Waals surface area contributed by atoms with Crippen LogP contribution in [-0.2, 0) is 29.7 Å². The Morgan fingerprint density at radius 2 is 1.68 bits per heavy atom. The van der Waals surface area contributed by atoms with Gasteiger partial charge in [0.05, 0.1) is 12.1 Å². The maximum Gasteiger partial charge on any atom is 0.322 e. The van der Waals surface area contributed by atoms with E-state index in [2.05, 4.69) is 10.6 Å². The fourth-order valence-electron chi connectivity index (χ4n) is 1.16. The van der Waals surface area contributed by atoms with Crippen LogP contribution in [0.5, 0.6) is 5.75 Å². The Morgan fingerprint density at radius 3 is 2.26 bits per heavy atom. The molecule has 1 aromatic carbocycles. The first kappa shape index (κ1) is 17.1. The number of hydrogen-bond acceptors (Lipinski definition) is 4. The van der Waals surface area contributed by atoms with Gasteiger partial charge in [-0.2, -0.15) is 0 Å². The molecule has 0 fully saturated rings.